The van der Waals surface area contributed by atoms with Crippen LogP contribution in [0.2, 0.25) is 0 Å². The summed E-state index contributed by atoms with van der Waals surface area (Å²) in [7, 11) is 0. The van der Waals surface area contributed by atoms with Gasteiger partial charge in [0.15, 0.2) is 5.78 Å². The van der Waals surface area contributed by atoms with Crippen molar-refractivity contribution in [2.75, 3.05) is 11.1 Å². The number of pyridine rings is 1. The maximum atomic E-state index is 13.2. The fraction of sp³-hybridized carbons (Fsp3) is 0.0417. The van der Waals surface area contributed by atoms with Crippen LogP contribution in [0, 0.1) is 5.82 Å². The predicted molar refractivity (Wildman–Crippen MR) is 115 cm³/mol. The molecule has 0 aliphatic carbocycles. The summed E-state index contributed by atoms with van der Waals surface area (Å²) in [5, 5.41) is 4.72. The van der Waals surface area contributed by atoms with Gasteiger partial charge in [0, 0.05) is 52.1 Å². The maximum absolute atomic E-state index is 13.2. The molecule has 0 atom stereocenters. The lowest BCUT2D eigenvalue weighted by molar-refractivity contribution is 0.0989. The van der Waals surface area contributed by atoms with Crippen molar-refractivity contribution in [3.05, 3.63) is 102 Å². The van der Waals surface area contributed by atoms with Crippen molar-refractivity contribution in [3.63, 3.8) is 0 Å². The Morgan fingerprint density at radius 1 is 0.967 bits per heavy atom. The van der Waals surface area contributed by atoms with Crippen molar-refractivity contribution in [2.24, 2.45) is 0 Å². The number of carbonyl (C=O) groups is 2. The summed E-state index contributed by atoms with van der Waals surface area (Å²) in [6, 6.07) is 17.8. The van der Waals surface area contributed by atoms with Gasteiger partial charge in [0.1, 0.15) is 5.82 Å². The number of hydrogen-bond donors (Lipinski definition) is 2. The average Bonchev–Trinajstić information content (AvgIpc) is 2.76. The van der Waals surface area contributed by atoms with Gasteiger partial charge >= 0.3 is 0 Å². The molecule has 0 spiro atoms. The minimum absolute atomic E-state index is 0.0572. The largest absolute Gasteiger partial charge is 0.398 e. The number of nitrogens with two attached hydrogens (primary N) is 1. The van der Waals surface area contributed by atoms with Crippen molar-refractivity contribution in [2.45, 2.75) is 6.42 Å². The van der Waals surface area contributed by atoms with E-state index in [4.69, 9.17) is 5.73 Å². The first-order valence-electron chi connectivity index (χ1n) is 9.32. The first-order valence-corrected chi connectivity index (χ1v) is 9.32. The molecule has 0 aliphatic rings. The van der Waals surface area contributed by atoms with Gasteiger partial charge in [-0.1, -0.05) is 30.3 Å². The molecule has 0 fully saturated rings. The number of nitrogen functional groups attached to an aromatic ring is 1. The number of amides is 1. The van der Waals surface area contributed by atoms with Gasteiger partial charge in [-0.25, -0.2) is 4.39 Å². The molecule has 3 aromatic carbocycles. The molecule has 0 saturated carbocycles. The Morgan fingerprint density at radius 3 is 2.50 bits per heavy atom. The Balaban J connectivity index is 1.48. The van der Waals surface area contributed by atoms with E-state index in [0.29, 0.717) is 22.4 Å². The normalized spacial score (nSPS) is 10.7. The first-order chi connectivity index (χ1) is 14.5. The third-order valence-electron chi connectivity index (χ3n) is 4.86. The van der Waals surface area contributed by atoms with Crippen molar-refractivity contribution < 1.29 is 14.0 Å². The van der Waals surface area contributed by atoms with Crippen molar-refractivity contribution in [1.29, 1.82) is 0 Å². The summed E-state index contributed by atoms with van der Waals surface area (Å²) in [4.78, 5) is 29.2. The summed E-state index contributed by atoms with van der Waals surface area (Å²) in [5.74, 6) is -0.885. The zero-order valence-electron chi connectivity index (χ0n) is 15.9. The van der Waals surface area contributed by atoms with E-state index >= 15 is 0 Å². The minimum Gasteiger partial charge on any atom is -0.398 e. The van der Waals surface area contributed by atoms with Gasteiger partial charge in [-0.2, -0.15) is 0 Å². The monoisotopic (exact) mass is 399 g/mol. The number of aromatic nitrogens is 1. The number of benzene rings is 3. The van der Waals surface area contributed by atoms with Crippen LogP contribution in [0.4, 0.5) is 15.8 Å². The summed E-state index contributed by atoms with van der Waals surface area (Å²) in [6.45, 7) is 0. The van der Waals surface area contributed by atoms with Gasteiger partial charge in [0.05, 0.1) is 0 Å². The number of ketones is 1. The number of Topliss-reactive ketones (excluding diaryl/α,β-unsaturated/α-hetero) is 1. The van der Waals surface area contributed by atoms with E-state index in [0.717, 1.165) is 10.8 Å². The zero-order valence-corrected chi connectivity index (χ0v) is 15.9. The van der Waals surface area contributed by atoms with E-state index in [9.17, 15) is 14.0 Å². The fourth-order valence-corrected chi connectivity index (χ4v) is 3.24. The SMILES string of the molecule is Nc1cc(F)ccc1CC(=O)c1ccc(C(=O)Nc2cccc3cnccc23)cc1. The molecule has 148 valence electrons. The molecule has 5 nitrogen and oxygen atoms in total. The van der Waals surface area contributed by atoms with Crippen LogP contribution in [-0.2, 0) is 6.42 Å². The number of hydrogen-bond acceptors (Lipinski definition) is 4. The van der Waals surface area contributed by atoms with Crippen LogP contribution in [0.25, 0.3) is 10.8 Å². The smallest absolute Gasteiger partial charge is 0.255 e. The second kappa shape index (κ2) is 8.13. The highest BCUT2D eigenvalue weighted by molar-refractivity contribution is 6.09. The molecule has 30 heavy (non-hydrogen) atoms. The number of carbonyl (C=O) groups excluding carboxylic acids is 2. The highest BCUT2D eigenvalue weighted by atomic mass is 19.1. The summed E-state index contributed by atoms with van der Waals surface area (Å²) in [6.07, 6.45) is 3.47. The topological polar surface area (TPSA) is 85.1 Å². The summed E-state index contributed by atoms with van der Waals surface area (Å²) < 4.78 is 13.2. The van der Waals surface area contributed by atoms with Crippen molar-refractivity contribution in [1.82, 2.24) is 4.98 Å². The lowest BCUT2D eigenvalue weighted by Crippen LogP contribution is -2.13. The van der Waals surface area contributed by atoms with E-state index in [-0.39, 0.29) is 23.8 Å². The first kappa shape index (κ1) is 19.3. The molecule has 0 aliphatic heterocycles. The van der Waals surface area contributed by atoms with E-state index in [1.54, 1.807) is 36.7 Å². The van der Waals surface area contributed by atoms with Crippen LogP contribution in [0.3, 0.4) is 0 Å². The van der Waals surface area contributed by atoms with Crippen molar-refractivity contribution in [3.8, 4) is 0 Å². The van der Waals surface area contributed by atoms with Crippen LogP contribution in [0.5, 0.6) is 0 Å². The van der Waals surface area contributed by atoms with Gasteiger partial charge in [0.2, 0.25) is 0 Å². The van der Waals surface area contributed by atoms with Crippen LogP contribution >= 0.6 is 0 Å². The fourth-order valence-electron chi connectivity index (χ4n) is 3.24. The molecule has 0 unspecified atom stereocenters. The molecule has 6 heteroatoms. The quantitative estimate of drug-likeness (QED) is 0.378. The Labute approximate surface area is 172 Å². The highest BCUT2D eigenvalue weighted by Crippen LogP contribution is 2.23. The molecule has 3 N–H and O–H groups in total. The van der Waals surface area contributed by atoms with E-state index in [1.807, 2.05) is 24.3 Å². The van der Waals surface area contributed by atoms with Crippen LogP contribution in [0.1, 0.15) is 26.3 Å². The lowest BCUT2D eigenvalue weighted by Gasteiger charge is -2.09. The third-order valence-corrected chi connectivity index (χ3v) is 4.86. The average molecular weight is 399 g/mol. The Hall–Kier alpha value is -4.06. The molecular formula is C24H18FN3O2. The molecule has 4 aromatic rings. The third kappa shape index (κ3) is 4.03. The summed E-state index contributed by atoms with van der Waals surface area (Å²) >= 11 is 0. The Morgan fingerprint density at radius 2 is 1.73 bits per heavy atom. The molecule has 1 heterocycles. The highest BCUT2D eigenvalue weighted by Gasteiger charge is 2.13. The van der Waals surface area contributed by atoms with Crippen LogP contribution < -0.4 is 11.1 Å². The van der Waals surface area contributed by atoms with Gasteiger partial charge in [-0.3, -0.25) is 14.6 Å². The van der Waals surface area contributed by atoms with Gasteiger partial charge < -0.3 is 11.1 Å². The second-order valence-corrected chi connectivity index (χ2v) is 6.88. The molecule has 1 aromatic heterocycles. The minimum atomic E-state index is -0.443. The lowest BCUT2D eigenvalue weighted by atomic mass is 10.0. The number of halogens is 1. The van der Waals surface area contributed by atoms with Crippen LogP contribution in [0.15, 0.2) is 79.1 Å². The number of nitrogens with one attached hydrogen (secondary N) is 1. The molecule has 4 rings (SSSR count). The molecule has 0 saturated heterocycles. The number of rotatable bonds is 5. The Bertz CT molecular complexity index is 1250. The van der Waals surface area contributed by atoms with E-state index in [2.05, 4.69) is 10.3 Å². The summed E-state index contributed by atoms with van der Waals surface area (Å²) in [5.41, 5.74) is 8.15. The number of fused-ring (bicyclic) bond motifs is 1. The zero-order chi connectivity index (χ0) is 21.1. The van der Waals surface area contributed by atoms with E-state index < -0.39 is 5.82 Å². The predicted octanol–water partition coefficient (Wildman–Crippen LogP) is 4.63. The van der Waals surface area contributed by atoms with E-state index in [1.165, 1.54) is 18.2 Å². The molecular weight excluding hydrogens is 381 g/mol. The molecule has 0 bridgehead atoms. The van der Waals surface area contributed by atoms with Gasteiger partial charge in [-0.05, 0) is 42.0 Å². The Kier molecular flexibility index (Phi) is 5.22. The maximum Gasteiger partial charge on any atom is 0.255 e. The van der Waals surface area contributed by atoms with Gasteiger partial charge in [-0.15, -0.1) is 0 Å². The number of anilines is 2. The van der Waals surface area contributed by atoms with Crippen LogP contribution in [-0.4, -0.2) is 16.7 Å². The molecule has 1 amide bonds. The molecule has 0 radical (unpaired) electrons. The van der Waals surface area contributed by atoms with Crippen molar-refractivity contribution >= 4 is 33.8 Å². The van der Waals surface area contributed by atoms with Gasteiger partial charge in [0.25, 0.3) is 5.91 Å². The number of nitrogens with zero attached hydrogens (tertiary/aromatic N) is 1. The standard InChI is InChI=1S/C24H18FN3O2/c25-19-9-8-17(21(26)13-19)12-23(29)15-4-6-16(7-5-15)24(30)28-22-3-1-2-18-14-27-11-10-20(18)22/h1-11,13-14H,12,26H2,(H,28,30). The second-order valence-electron chi connectivity index (χ2n) is 6.88.